The zero-order valence-corrected chi connectivity index (χ0v) is 65.0. The summed E-state index contributed by atoms with van der Waals surface area (Å²) >= 11 is 23.1. The van der Waals surface area contributed by atoms with E-state index < -0.39 is 225 Å². The van der Waals surface area contributed by atoms with E-state index in [0.29, 0.717) is 14.9 Å². The molecule has 117 heavy (non-hydrogen) atoms. The summed E-state index contributed by atoms with van der Waals surface area (Å²) in [5, 5.41) is 123. The SMILES string of the molecule is C.C.C.C.C.CN[C@@H](CC(C)C)C(=O)N[C@H]1C(=O)N[C@@H](CC(N)=O)C(=O)N[C@H]2C(=O)N[C@H]3C(=O)N[C@H](C(=O)N[C@@H](C(=O)O)c4cc(O)cc(O)c4-c4cc3ccc4O)[C@H](O)c3ccc(c(Cl)c3)Oc3cc2cc(c3OC2OC(CSc3nc4cc(Cl)ccc4s3)C(O)C(O)C2OC2CC(C)(N)C(O)C(C)O2)Oc2ccc(cc2Cl)[C@H]1O.[V]. The number of thiazole rings is 1. The number of hydrogen-bond donors (Lipinski definition) is 18. The van der Waals surface area contributed by atoms with Crippen LogP contribution in [0.5, 0.6) is 46.0 Å². The molecule has 0 aliphatic carbocycles. The van der Waals surface area contributed by atoms with Crippen LogP contribution >= 0.6 is 57.9 Å². The number of carbonyl (C=O) groups excluding carboxylic acids is 7. The summed E-state index contributed by atoms with van der Waals surface area (Å²) in [6, 6.07) is 4.70. The van der Waals surface area contributed by atoms with Crippen LogP contribution in [0.2, 0.25) is 15.1 Å². The van der Waals surface area contributed by atoms with Crippen molar-refractivity contribution in [3.8, 4) is 57.1 Å². The van der Waals surface area contributed by atoms with Crippen LogP contribution in [-0.4, -0.2) is 190 Å². The standard InChI is InChI=1S/C73H77Cl3N10O23S2.5CH4.V/c1-26(2)14-39(79-5)64(96)85-55-57(91)29-7-11-43(36(75)16-29)105-45-18-31-19-46(61(45)109-71-62(108-50-24-73(4,78)63(95)27(3)104-50)60(94)59(93)47(107-71)25-110-72-81-38-20-32(74)9-13-48(38)111-72)106-44-12-8-30(17-37(44)76)58(92)56-69(101)84-54(70(102)103)35-21-33(87)22-42(89)51(35)34-15-28(6-10-41(34)88)52(66(98)86-56)83-67(99)53(31)82-65(97)40(23-49(77)90)80-68(55)100;;;;;;/h6-13,15-22,26-27,39-40,47,50,52-60,62-63,71,79,87-89,91-95H,14,23-25,78H2,1-5H3,(H2,77,90)(H,80,100)(H,82,97)(H,83,99)(H,84,101)(H,85,96)(H,86,98)(H,102,103);5*1H4;/t27?,39-,40-,47?,50?,52+,53+,54+,55+,56-,57+,58+,59?,60?,62?,63?,71?,73?;;;;;;/m0....../s1. The number of aliphatic hydroxyl groups excluding tert-OH is 5. The number of thioether (sulfide) groups is 1. The van der Waals surface area contributed by atoms with Gasteiger partial charge < -0.3 is 123 Å². The number of aromatic nitrogens is 1. The van der Waals surface area contributed by atoms with Crippen LogP contribution in [-0.2, 0) is 71.1 Å². The van der Waals surface area contributed by atoms with Crippen molar-refractivity contribution in [2.24, 2.45) is 17.4 Å². The van der Waals surface area contributed by atoms with Crippen LogP contribution in [0.25, 0.3) is 21.3 Å². The van der Waals surface area contributed by atoms with Crippen LogP contribution in [0.3, 0.4) is 0 Å². The molecule has 14 rings (SSSR count). The number of aromatic hydroxyl groups is 3. The molecular formula is C78H97Cl3N10O23S2V. The van der Waals surface area contributed by atoms with Gasteiger partial charge in [-0.3, -0.25) is 33.6 Å². The topological polar surface area (TPSA) is 523 Å². The second-order valence-corrected chi connectivity index (χ2v) is 31.5. The van der Waals surface area contributed by atoms with Gasteiger partial charge in [0.1, 0.15) is 83.4 Å². The number of rotatable bonds is 15. The number of nitrogens with one attached hydrogen (secondary N) is 7. The summed E-state index contributed by atoms with van der Waals surface area (Å²) in [4.78, 5) is 123. The molecule has 9 unspecified atom stereocenters. The first kappa shape index (κ1) is 97.0. The van der Waals surface area contributed by atoms with Crippen molar-refractivity contribution in [2.75, 3.05) is 12.8 Å². The number of ether oxygens (including phenoxy) is 6. The number of fused-ring (bicyclic) bond motifs is 16. The van der Waals surface area contributed by atoms with E-state index >= 15 is 14.4 Å². The number of phenolic OH excluding ortho intramolecular Hbond substituents is 3. The number of nitrogens with two attached hydrogens (primary N) is 2. The maximum absolute atomic E-state index is 16.2. The van der Waals surface area contributed by atoms with Crippen LogP contribution in [0, 0.1) is 5.92 Å². The third kappa shape index (κ3) is 21.1. The van der Waals surface area contributed by atoms with E-state index in [1.54, 1.807) is 18.2 Å². The Morgan fingerprint density at radius 3 is 1.91 bits per heavy atom. The van der Waals surface area contributed by atoms with Crippen LogP contribution < -0.4 is 62.9 Å². The normalized spacial score (nSPS) is 26.5. The Bertz CT molecular complexity index is 4840. The Balaban J connectivity index is 0.00000354. The predicted octanol–water partition coefficient (Wildman–Crippen LogP) is 7.35. The number of aliphatic hydroxyl groups is 5. The van der Waals surface area contributed by atoms with Crippen molar-refractivity contribution in [1.29, 1.82) is 0 Å². The van der Waals surface area contributed by atoms with Gasteiger partial charge in [-0.1, -0.05) is 116 Å². The average molecular weight is 1760 g/mol. The summed E-state index contributed by atoms with van der Waals surface area (Å²) in [6.07, 6.45) is -18.0. The first-order valence-corrected chi connectivity index (χ1v) is 37.5. The van der Waals surface area contributed by atoms with Gasteiger partial charge in [-0.2, -0.15) is 0 Å². The molecule has 2 saturated heterocycles. The number of likely N-dealkylation sites (N-methyl/N-ethyl adjacent to an activating group) is 1. The fourth-order valence-electron chi connectivity index (χ4n) is 13.6. The molecule has 2 fully saturated rings. The largest absolute Gasteiger partial charge is 0.508 e. The third-order valence-electron chi connectivity index (χ3n) is 19.3. The predicted molar refractivity (Wildman–Crippen MR) is 431 cm³/mol. The first-order valence-electron chi connectivity index (χ1n) is 34.6. The smallest absolute Gasteiger partial charge is 0.330 e. The minimum atomic E-state index is -2.35. The van der Waals surface area contributed by atoms with Crippen molar-refractivity contribution in [1.82, 2.24) is 42.2 Å². The number of benzene rings is 6. The zero-order valence-electron chi connectivity index (χ0n) is 59.7. The van der Waals surface area contributed by atoms with E-state index in [0.717, 1.165) is 77.1 Å². The molecule has 33 nitrogen and oxygen atoms in total. The van der Waals surface area contributed by atoms with Crippen molar-refractivity contribution in [3.05, 3.63) is 140 Å². The van der Waals surface area contributed by atoms with Crippen LogP contribution in [0.15, 0.2) is 101 Å². The molecule has 7 aliphatic heterocycles. The maximum Gasteiger partial charge on any atom is 0.330 e. The summed E-state index contributed by atoms with van der Waals surface area (Å²) in [6.45, 7) is 6.70. The molecule has 635 valence electrons. The quantitative estimate of drug-likeness (QED) is 0.0446. The molecule has 39 heteroatoms. The van der Waals surface area contributed by atoms with Gasteiger partial charge in [0.15, 0.2) is 34.3 Å². The Kier molecular flexibility index (Phi) is 33.0. The van der Waals surface area contributed by atoms with Gasteiger partial charge in [0, 0.05) is 64.0 Å². The number of hydrogen-bond acceptors (Lipinski definition) is 27. The van der Waals surface area contributed by atoms with Gasteiger partial charge in [0.05, 0.1) is 51.0 Å². The van der Waals surface area contributed by atoms with E-state index in [2.05, 4.69) is 42.2 Å². The average Bonchev–Trinajstić information content (AvgIpc) is 1.40. The van der Waals surface area contributed by atoms with Crippen molar-refractivity contribution in [2.45, 2.75) is 198 Å². The molecule has 7 aromatic rings. The zero-order chi connectivity index (χ0) is 80.1. The number of carboxylic acid groups (broad SMARTS) is 1. The molecule has 7 amide bonds. The summed E-state index contributed by atoms with van der Waals surface area (Å²) in [5.41, 5.74) is 8.79. The molecule has 11 bridgehead atoms. The monoisotopic (exact) mass is 1760 g/mol. The summed E-state index contributed by atoms with van der Waals surface area (Å²) in [7, 11) is 1.48. The van der Waals surface area contributed by atoms with E-state index in [1.165, 1.54) is 50.4 Å². The number of phenols is 3. The molecule has 18 atom stereocenters. The van der Waals surface area contributed by atoms with Crippen molar-refractivity contribution < 1.29 is 131 Å². The number of primary amides is 1. The Morgan fingerprint density at radius 2 is 1.32 bits per heavy atom. The molecule has 1 radical (unpaired) electrons. The van der Waals surface area contributed by atoms with Gasteiger partial charge in [-0.25, -0.2) is 9.78 Å². The number of halogens is 3. The Labute approximate surface area is 709 Å². The number of carbonyl (C=O) groups is 8. The molecule has 0 spiro atoms. The second-order valence-electron chi connectivity index (χ2n) is 27.9. The fourth-order valence-corrected chi connectivity index (χ4v) is 16.3. The van der Waals surface area contributed by atoms with Gasteiger partial charge in [0.25, 0.3) is 0 Å². The molecule has 7 aliphatic rings. The Morgan fingerprint density at radius 1 is 0.709 bits per heavy atom. The molecule has 6 aromatic carbocycles. The van der Waals surface area contributed by atoms with E-state index in [4.69, 9.17) is 74.7 Å². The minimum absolute atomic E-state index is 0. The first-order chi connectivity index (χ1) is 52.5. The van der Waals surface area contributed by atoms with Crippen molar-refractivity contribution in [3.63, 3.8) is 0 Å². The fraction of sp³-hybridized carbons (Fsp3) is 0.423. The van der Waals surface area contributed by atoms with Gasteiger partial charge in [-0.15, -0.1) is 11.3 Å². The second kappa shape index (κ2) is 39.8. The molecule has 8 heterocycles. The van der Waals surface area contributed by atoms with E-state index in [1.807, 2.05) is 13.8 Å². The van der Waals surface area contributed by atoms with Gasteiger partial charge in [-0.05, 0) is 128 Å². The summed E-state index contributed by atoms with van der Waals surface area (Å²) in [5.74, 6) is -16.0. The maximum atomic E-state index is 16.2. The number of aliphatic carboxylic acids is 1. The van der Waals surface area contributed by atoms with Crippen LogP contribution in [0.4, 0.5) is 0 Å². The van der Waals surface area contributed by atoms with Crippen molar-refractivity contribution >= 4 is 115 Å². The molecular weight excluding hydrogens is 1670 g/mol. The minimum Gasteiger partial charge on any atom is -0.508 e. The molecule has 20 N–H and O–H groups in total. The molecule has 0 saturated carbocycles. The number of nitrogens with zero attached hydrogens (tertiary/aromatic N) is 1. The van der Waals surface area contributed by atoms with Crippen LogP contribution in [0.1, 0.15) is 142 Å². The van der Waals surface area contributed by atoms with Gasteiger partial charge >= 0.3 is 5.97 Å². The Hall–Kier alpha value is -8.83. The third-order valence-corrected chi connectivity index (χ3v) is 22.4. The van der Waals surface area contributed by atoms with E-state index in [9.17, 15) is 69.9 Å². The molecule has 1 aromatic heterocycles. The summed E-state index contributed by atoms with van der Waals surface area (Å²) < 4.78 is 41.0. The number of amides is 7. The number of carboxylic acids is 1. The van der Waals surface area contributed by atoms with Gasteiger partial charge in [0.2, 0.25) is 53.4 Å². The van der Waals surface area contributed by atoms with E-state index in [-0.39, 0.29) is 113 Å².